The van der Waals surface area contributed by atoms with Crippen LogP contribution in [0.3, 0.4) is 0 Å². The summed E-state index contributed by atoms with van der Waals surface area (Å²) >= 11 is 0. The summed E-state index contributed by atoms with van der Waals surface area (Å²) in [5.74, 6) is -2.29. The Morgan fingerprint density at radius 2 is 1.96 bits per heavy atom. The molecule has 3 heterocycles. The summed E-state index contributed by atoms with van der Waals surface area (Å²) in [6.07, 6.45) is -3.96. The van der Waals surface area contributed by atoms with E-state index in [1.807, 2.05) is 0 Å². The molecule has 0 bridgehead atoms. The number of hydrogen-bond acceptors (Lipinski definition) is 7. The number of anilines is 1. The SMILES string of the molecule is Nc1nn2cc(-n3nnc4ccccc43)c(C(F)(F)F)nc2c1C(=O)[O-]. The Balaban J connectivity index is 2.10. The summed E-state index contributed by atoms with van der Waals surface area (Å²) in [4.78, 5) is 14.6. The number of carbonyl (C=O) groups excluding carboxylic acids is 1. The van der Waals surface area contributed by atoms with Crippen LogP contribution < -0.4 is 10.8 Å². The molecule has 9 nitrogen and oxygen atoms in total. The van der Waals surface area contributed by atoms with Gasteiger partial charge in [-0.3, -0.25) is 0 Å². The number of nitrogens with two attached hydrogens (primary N) is 1. The summed E-state index contributed by atoms with van der Waals surface area (Å²) in [6, 6.07) is 6.39. The van der Waals surface area contributed by atoms with Gasteiger partial charge in [0.25, 0.3) is 0 Å². The smallest absolute Gasteiger partial charge is 0.435 e. The highest BCUT2D eigenvalue weighted by Gasteiger charge is 2.38. The average molecular weight is 362 g/mol. The van der Waals surface area contributed by atoms with E-state index in [9.17, 15) is 23.1 Å². The third kappa shape index (κ3) is 2.22. The number of nitrogens with zero attached hydrogens (tertiary/aromatic N) is 6. The first kappa shape index (κ1) is 15.8. The van der Waals surface area contributed by atoms with E-state index >= 15 is 0 Å². The number of alkyl halides is 3. The van der Waals surface area contributed by atoms with Crippen LogP contribution in [0.4, 0.5) is 19.0 Å². The minimum Gasteiger partial charge on any atom is -0.545 e. The van der Waals surface area contributed by atoms with Crippen LogP contribution >= 0.6 is 0 Å². The maximum absolute atomic E-state index is 13.6. The third-order valence-corrected chi connectivity index (χ3v) is 3.67. The van der Waals surface area contributed by atoms with Crippen LogP contribution in [0, 0.1) is 0 Å². The van der Waals surface area contributed by atoms with E-state index in [2.05, 4.69) is 20.4 Å². The molecule has 0 aliphatic heterocycles. The van der Waals surface area contributed by atoms with Gasteiger partial charge in [-0.15, -0.1) is 10.2 Å². The van der Waals surface area contributed by atoms with Crippen molar-refractivity contribution in [3.05, 3.63) is 41.7 Å². The molecule has 0 aliphatic rings. The minimum absolute atomic E-state index is 0.305. The van der Waals surface area contributed by atoms with E-state index in [1.165, 1.54) is 6.07 Å². The second-order valence-corrected chi connectivity index (χ2v) is 5.28. The summed E-state index contributed by atoms with van der Waals surface area (Å²) in [6.45, 7) is 0. The number of benzene rings is 1. The lowest BCUT2D eigenvalue weighted by Crippen LogP contribution is -2.24. The van der Waals surface area contributed by atoms with E-state index in [4.69, 9.17) is 5.73 Å². The molecular formula is C14H7F3N7O2-. The van der Waals surface area contributed by atoms with Gasteiger partial charge in [0.15, 0.2) is 17.2 Å². The van der Waals surface area contributed by atoms with Crippen molar-refractivity contribution in [3.63, 3.8) is 0 Å². The monoisotopic (exact) mass is 362 g/mol. The van der Waals surface area contributed by atoms with Crippen molar-refractivity contribution in [2.45, 2.75) is 6.18 Å². The molecule has 3 aromatic heterocycles. The Morgan fingerprint density at radius 3 is 2.65 bits per heavy atom. The summed E-state index contributed by atoms with van der Waals surface area (Å²) < 4.78 is 42.5. The fourth-order valence-corrected chi connectivity index (χ4v) is 2.59. The molecule has 0 aliphatic carbocycles. The fourth-order valence-electron chi connectivity index (χ4n) is 2.59. The van der Waals surface area contributed by atoms with Crippen molar-refractivity contribution >= 4 is 28.5 Å². The molecule has 0 unspecified atom stereocenters. The molecule has 4 aromatic rings. The van der Waals surface area contributed by atoms with Gasteiger partial charge in [0.05, 0.1) is 23.2 Å². The number of para-hydroxylation sites is 1. The Morgan fingerprint density at radius 1 is 1.23 bits per heavy atom. The zero-order valence-electron chi connectivity index (χ0n) is 12.6. The lowest BCUT2D eigenvalue weighted by atomic mass is 10.2. The van der Waals surface area contributed by atoms with Gasteiger partial charge in [0.1, 0.15) is 11.2 Å². The molecule has 0 saturated heterocycles. The van der Waals surface area contributed by atoms with Crippen molar-refractivity contribution in [2.75, 3.05) is 5.73 Å². The Kier molecular flexibility index (Phi) is 3.13. The zero-order valence-corrected chi connectivity index (χ0v) is 12.6. The third-order valence-electron chi connectivity index (χ3n) is 3.67. The number of carboxylic acid groups (broad SMARTS) is 1. The molecule has 0 atom stereocenters. The van der Waals surface area contributed by atoms with E-state index < -0.39 is 40.6 Å². The molecule has 2 N–H and O–H groups in total. The lowest BCUT2D eigenvalue weighted by Gasteiger charge is -2.13. The summed E-state index contributed by atoms with van der Waals surface area (Å²) in [5.41, 5.74) is 3.00. The van der Waals surface area contributed by atoms with Crippen LogP contribution in [-0.4, -0.2) is 35.6 Å². The number of nitrogen functional groups attached to an aromatic ring is 1. The molecule has 0 spiro atoms. The number of aromatic nitrogens is 6. The highest BCUT2D eigenvalue weighted by molar-refractivity contribution is 5.98. The van der Waals surface area contributed by atoms with Crippen molar-refractivity contribution in [1.29, 1.82) is 0 Å². The van der Waals surface area contributed by atoms with Crippen LogP contribution in [0.15, 0.2) is 30.5 Å². The number of hydrogen-bond donors (Lipinski definition) is 1. The van der Waals surface area contributed by atoms with Crippen molar-refractivity contribution in [2.24, 2.45) is 0 Å². The van der Waals surface area contributed by atoms with Gasteiger partial charge >= 0.3 is 6.18 Å². The first-order valence-corrected chi connectivity index (χ1v) is 7.05. The van der Waals surface area contributed by atoms with Crippen LogP contribution in [-0.2, 0) is 6.18 Å². The maximum atomic E-state index is 13.6. The zero-order chi connectivity index (χ0) is 18.6. The predicted molar refractivity (Wildman–Crippen MR) is 79.2 cm³/mol. The van der Waals surface area contributed by atoms with Gasteiger partial charge in [-0.2, -0.15) is 13.2 Å². The highest BCUT2D eigenvalue weighted by Crippen LogP contribution is 2.34. The van der Waals surface area contributed by atoms with Gasteiger partial charge in [-0.1, -0.05) is 17.3 Å². The minimum atomic E-state index is -4.90. The normalized spacial score (nSPS) is 12.1. The number of carboxylic acids is 1. The Bertz CT molecular complexity index is 1180. The summed E-state index contributed by atoms with van der Waals surface area (Å²) in [5, 5.41) is 22.4. The molecule has 1 aromatic carbocycles. The number of carbonyl (C=O) groups is 1. The average Bonchev–Trinajstić information content (AvgIpc) is 3.12. The maximum Gasteiger partial charge on any atom is 0.435 e. The van der Waals surface area contributed by atoms with E-state index in [1.54, 1.807) is 18.2 Å². The first-order valence-electron chi connectivity index (χ1n) is 7.05. The number of fused-ring (bicyclic) bond motifs is 2. The van der Waals surface area contributed by atoms with E-state index in [0.29, 0.717) is 11.0 Å². The lowest BCUT2D eigenvalue weighted by molar-refractivity contribution is -0.254. The number of halogens is 3. The molecule has 0 amide bonds. The molecule has 0 saturated carbocycles. The summed E-state index contributed by atoms with van der Waals surface area (Å²) in [7, 11) is 0. The Labute approximate surface area is 141 Å². The highest BCUT2D eigenvalue weighted by atomic mass is 19.4. The predicted octanol–water partition coefficient (Wildman–Crippen LogP) is 0.428. The van der Waals surface area contributed by atoms with Crippen LogP contribution in [0.1, 0.15) is 16.1 Å². The van der Waals surface area contributed by atoms with Crippen LogP contribution in [0.25, 0.3) is 22.4 Å². The van der Waals surface area contributed by atoms with E-state index in [-0.39, 0.29) is 0 Å². The molecule has 0 fully saturated rings. The molecule has 26 heavy (non-hydrogen) atoms. The quantitative estimate of drug-likeness (QED) is 0.548. The van der Waals surface area contributed by atoms with Crippen molar-refractivity contribution in [3.8, 4) is 5.69 Å². The van der Waals surface area contributed by atoms with Crippen molar-refractivity contribution in [1.82, 2.24) is 29.6 Å². The second kappa shape index (κ2) is 5.15. The standard InChI is InChI=1S/C14H8F3N7O2/c15-14(16,17)10-8(24-7-4-2-1-3-6(7)20-22-24)5-23-12(19-10)9(13(25)26)11(18)21-23/h1-5H,(H2,18,21)(H,25,26)/p-1. The molecule has 0 radical (unpaired) electrons. The second-order valence-electron chi connectivity index (χ2n) is 5.28. The largest absolute Gasteiger partial charge is 0.545 e. The fraction of sp³-hybridized carbons (Fsp3) is 0.0714. The first-order chi connectivity index (χ1) is 12.3. The Hall–Kier alpha value is -3.70. The molecule has 12 heteroatoms. The van der Waals surface area contributed by atoms with Gasteiger partial charge in [0.2, 0.25) is 0 Å². The van der Waals surface area contributed by atoms with Gasteiger partial charge in [0, 0.05) is 0 Å². The van der Waals surface area contributed by atoms with Crippen LogP contribution in [0.5, 0.6) is 0 Å². The molecule has 132 valence electrons. The number of aromatic carboxylic acids is 1. The van der Waals surface area contributed by atoms with E-state index in [0.717, 1.165) is 15.4 Å². The van der Waals surface area contributed by atoms with Crippen molar-refractivity contribution < 1.29 is 23.1 Å². The van der Waals surface area contributed by atoms with Gasteiger partial charge < -0.3 is 15.6 Å². The van der Waals surface area contributed by atoms with Gasteiger partial charge in [-0.25, -0.2) is 14.2 Å². The topological polar surface area (TPSA) is 127 Å². The van der Waals surface area contributed by atoms with Crippen LogP contribution in [0.2, 0.25) is 0 Å². The van der Waals surface area contributed by atoms with Gasteiger partial charge in [-0.05, 0) is 12.1 Å². The number of rotatable bonds is 2. The molecular weight excluding hydrogens is 355 g/mol. The molecule has 4 rings (SSSR count).